The van der Waals surface area contributed by atoms with E-state index in [0.29, 0.717) is 42.6 Å². The van der Waals surface area contributed by atoms with E-state index < -0.39 is 41.4 Å². The molecule has 1 aliphatic rings. The number of carbonyl (C=O) groups is 1. The summed E-state index contributed by atoms with van der Waals surface area (Å²) in [6, 6.07) is 19.3. The van der Waals surface area contributed by atoms with Crippen molar-refractivity contribution < 1.29 is 18.1 Å². The van der Waals surface area contributed by atoms with E-state index in [2.05, 4.69) is 19.8 Å². The number of hydrogen-bond donors (Lipinski definition) is 2. The van der Waals surface area contributed by atoms with E-state index in [1.807, 2.05) is 11.1 Å². The van der Waals surface area contributed by atoms with Gasteiger partial charge in [-0.15, -0.1) is 0 Å². The number of nitrogens with one attached hydrogen (secondary N) is 2. The smallest absolute Gasteiger partial charge is 0.321 e. The highest BCUT2D eigenvalue weighted by Crippen LogP contribution is 2.39. The molecule has 0 spiro atoms. The molecule has 2 N–H and O–H groups in total. The Morgan fingerprint density at radius 2 is 1.62 bits per heavy atom. The number of pyridine rings is 1. The van der Waals surface area contributed by atoms with E-state index in [1.165, 1.54) is 0 Å². The number of aromatic amines is 2. The highest BCUT2D eigenvalue weighted by atomic mass is 35.5. The van der Waals surface area contributed by atoms with Gasteiger partial charge >= 0.3 is 17.6 Å². The fourth-order valence-electron chi connectivity index (χ4n) is 5.02. The van der Waals surface area contributed by atoms with Crippen LogP contribution in [0.15, 0.2) is 92.0 Å². The Morgan fingerprint density at radius 3 is 2.29 bits per heavy atom. The summed E-state index contributed by atoms with van der Waals surface area (Å²) in [4.78, 5) is 43.1. The molecule has 0 saturated heterocycles. The molecule has 9 nitrogen and oxygen atoms in total. The highest BCUT2D eigenvalue weighted by Gasteiger charge is 2.48. The lowest BCUT2D eigenvalue weighted by Gasteiger charge is -2.25. The minimum atomic E-state index is -4.03. The predicted molar refractivity (Wildman–Crippen MR) is 153 cm³/mol. The second kappa shape index (κ2) is 10.7. The number of halogens is 4. The SMILES string of the molecule is O=C(N1N=C(c2c(-c3ccc(Cl)cc3)c3ccccc3[nH]c2=O)CC1c1ccc(Cl)cc1)C(F)(F)Cc1noc(=O)[nH]1. The minimum absolute atomic E-state index is 0.0493. The van der Waals surface area contributed by atoms with Gasteiger partial charge in [0.15, 0.2) is 5.82 Å². The Hall–Kier alpha value is -4.61. The summed E-state index contributed by atoms with van der Waals surface area (Å²) in [5.74, 6) is -7.20. The van der Waals surface area contributed by atoms with Crippen molar-refractivity contribution in [2.45, 2.75) is 24.8 Å². The summed E-state index contributed by atoms with van der Waals surface area (Å²) >= 11 is 12.2. The molecule has 1 atom stereocenters. The molecule has 1 unspecified atom stereocenters. The number of hydrogen-bond acceptors (Lipinski definition) is 6. The molecule has 0 saturated carbocycles. The van der Waals surface area contributed by atoms with Crippen LogP contribution < -0.4 is 11.3 Å². The molecule has 2 aromatic heterocycles. The van der Waals surface area contributed by atoms with Crippen molar-refractivity contribution in [3.05, 3.63) is 121 Å². The van der Waals surface area contributed by atoms with Crippen LogP contribution in [0.25, 0.3) is 22.0 Å². The molecule has 0 radical (unpaired) electrons. The number of para-hydroxylation sites is 1. The van der Waals surface area contributed by atoms with Crippen LogP contribution in [-0.2, 0) is 11.2 Å². The third-order valence-electron chi connectivity index (χ3n) is 6.90. The Kier molecular flexibility index (Phi) is 6.99. The molecule has 1 amide bonds. The normalized spacial score (nSPS) is 15.3. The molecule has 13 heteroatoms. The first-order chi connectivity index (χ1) is 20.1. The molecule has 6 rings (SSSR count). The van der Waals surface area contributed by atoms with Crippen LogP contribution >= 0.6 is 23.2 Å². The molecule has 0 fully saturated rings. The van der Waals surface area contributed by atoms with Gasteiger partial charge in [0.05, 0.1) is 23.7 Å². The second-order valence-electron chi connectivity index (χ2n) is 9.65. The summed E-state index contributed by atoms with van der Waals surface area (Å²) in [5, 5.41) is 9.86. The van der Waals surface area contributed by atoms with E-state index in [0.717, 1.165) is 0 Å². The van der Waals surface area contributed by atoms with E-state index in [-0.39, 0.29) is 17.7 Å². The summed E-state index contributed by atoms with van der Waals surface area (Å²) in [7, 11) is 0. The van der Waals surface area contributed by atoms with Crippen molar-refractivity contribution >= 4 is 45.7 Å². The zero-order valence-corrected chi connectivity index (χ0v) is 22.9. The van der Waals surface area contributed by atoms with Gasteiger partial charge in [-0.05, 0) is 41.5 Å². The van der Waals surface area contributed by atoms with Crippen molar-refractivity contribution in [3.8, 4) is 11.1 Å². The Bertz CT molecular complexity index is 1970. The fourth-order valence-corrected chi connectivity index (χ4v) is 5.27. The first-order valence-corrected chi connectivity index (χ1v) is 13.4. The van der Waals surface area contributed by atoms with Crippen molar-refractivity contribution in [1.82, 2.24) is 20.1 Å². The summed E-state index contributed by atoms with van der Waals surface area (Å²) in [6.45, 7) is 0. The number of benzene rings is 3. The van der Waals surface area contributed by atoms with Crippen molar-refractivity contribution in [2.24, 2.45) is 5.10 Å². The second-order valence-corrected chi connectivity index (χ2v) is 10.5. The van der Waals surface area contributed by atoms with Crippen LogP contribution in [0.4, 0.5) is 8.78 Å². The number of H-pyrrole nitrogens is 2. The number of aromatic nitrogens is 3. The van der Waals surface area contributed by atoms with Crippen LogP contribution in [0.2, 0.25) is 10.0 Å². The summed E-state index contributed by atoms with van der Waals surface area (Å²) < 4.78 is 35.0. The highest BCUT2D eigenvalue weighted by molar-refractivity contribution is 6.31. The molecule has 212 valence electrons. The maximum absolute atomic E-state index is 15.4. The first kappa shape index (κ1) is 27.6. The van der Waals surface area contributed by atoms with E-state index >= 15 is 8.78 Å². The number of carbonyl (C=O) groups excluding carboxylic acids is 1. The van der Waals surface area contributed by atoms with Gasteiger partial charge in [0.1, 0.15) is 0 Å². The first-order valence-electron chi connectivity index (χ1n) is 12.6. The Labute approximate surface area is 245 Å². The third kappa shape index (κ3) is 5.12. The zero-order valence-electron chi connectivity index (χ0n) is 21.4. The lowest BCUT2D eigenvalue weighted by atomic mass is 9.91. The molecular weight excluding hydrogens is 591 g/mol. The lowest BCUT2D eigenvalue weighted by molar-refractivity contribution is -0.159. The van der Waals surface area contributed by atoms with Crippen LogP contribution in [0.3, 0.4) is 0 Å². The van der Waals surface area contributed by atoms with Gasteiger partial charge in [-0.3, -0.25) is 19.1 Å². The zero-order chi connectivity index (χ0) is 29.6. The van der Waals surface area contributed by atoms with Gasteiger partial charge in [0.2, 0.25) is 0 Å². The van der Waals surface area contributed by atoms with Crippen LogP contribution in [0.5, 0.6) is 0 Å². The molecule has 1 aliphatic heterocycles. The Balaban J connectivity index is 1.51. The molecular formula is C29H19Cl2F2N5O4. The molecule has 0 aliphatic carbocycles. The standard InChI is InChI=1S/C29H19Cl2F2N5O4/c30-17-9-5-15(6-10-17)22-13-21(36-38(22)27(40)29(32,33)14-23-35-28(41)42-37-23)25-24(16-7-11-18(31)12-8-16)19-3-1-2-4-20(19)34-26(25)39/h1-12,22H,13-14H2,(H,34,39)(H,35,37,41). The van der Waals surface area contributed by atoms with Gasteiger partial charge in [-0.2, -0.15) is 13.9 Å². The number of nitrogens with zero attached hydrogens (tertiary/aromatic N) is 3. The maximum Gasteiger partial charge on any atom is 0.438 e. The van der Waals surface area contributed by atoms with Gasteiger partial charge in [0.25, 0.3) is 5.56 Å². The number of hydrazone groups is 1. The molecule has 42 heavy (non-hydrogen) atoms. The Morgan fingerprint density at radius 1 is 0.952 bits per heavy atom. The molecule has 0 bridgehead atoms. The summed E-state index contributed by atoms with van der Waals surface area (Å²) in [5.41, 5.74) is 1.95. The number of amides is 1. The van der Waals surface area contributed by atoms with E-state index in [4.69, 9.17) is 23.2 Å². The van der Waals surface area contributed by atoms with Gasteiger partial charge in [-0.25, -0.2) is 9.80 Å². The summed E-state index contributed by atoms with van der Waals surface area (Å²) in [6.07, 6.45) is -1.27. The fraction of sp³-hybridized carbons (Fsp3) is 0.138. The quantitative estimate of drug-likeness (QED) is 0.254. The van der Waals surface area contributed by atoms with Crippen molar-refractivity contribution in [1.29, 1.82) is 0 Å². The van der Waals surface area contributed by atoms with Crippen LogP contribution in [-0.4, -0.2) is 37.7 Å². The third-order valence-corrected chi connectivity index (χ3v) is 7.41. The van der Waals surface area contributed by atoms with Gasteiger partial charge < -0.3 is 4.98 Å². The minimum Gasteiger partial charge on any atom is -0.321 e. The molecule has 3 aromatic carbocycles. The van der Waals surface area contributed by atoms with E-state index in [1.54, 1.807) is 66.7 Å². The van der Waals surface area contributed by atoms with Crippen molar-refractivity contribution in [3.63, 3.8) is 0 Å². The maximum atomic E-state index is 15.4. The van der Waals surface area contributed by atoms with Gasteiger partial charge in [-0.1, -0.05) is 70.8 Å². The topological polar surface area (TPSA) is 124 Å². The lowest BCUT2D eigenvalue weighted by Crippen LogP contribution is -2.42. The molecule has 5 aromatic rings. The number of rotatable bonds is 6. The largest absolute Gasteiger partial charge is 0.438 e. The number of alkyl halides is 2. The predicted octanol–water partition coefficient (Wildman–Crippen LogP) is 5.73. The monoisotopic (exact) mass is 609 g/mol. The number of fused-ring (bicyclic) bond motifs is 1. The molecule has 3 heterocycles. The average molecular weight is 610 g/mol. The van der Waals surface area contributed by atoms with E-state index in [9.17, 15) is 14.4 Å². The van der Waals surface area contributed by atoms with Crippen LogP contribution in [0, 0.1) is 0 Å². The van der Waals surface area contributed by atoms with Crippen molar-refractivity contribution in [2.75, 3.05) is 0 Å². The van der Waals surface area contributed by atoms with Crippen LogP contribution in [0.1, 0.15) is 29.4 Å². The van der Waals surface area contributed by atoms with Gasteiger partial charge in [0, 0.05) is 32.9 Å². The average Bonchev–Trinajstić information content (AvgIpc) is 3.58.